The number of fused-ring (bicyclic) bond motifs is 6. The second-order valence-corrected chi connectivity index (χ2v) is 15.5. The van der Waals surface area contributed by atoms with Crippen LogP contribution >= 0.6 is 11.3 Å². The van der Waals surface area contributed by atoms with Gasteiger partial charge in [-0.15, -0.1) is 11.3 Å². The van der Waals surface area contributed by atoms with Gasteiger partial charge in [0.1, 0.15) is 0 Å². The van der Waals surface area contributed by atoms with Crippen molar-refractivity contribution in [2.45, 2.75) is 0 Å². The fourth-order valence-electron chi connectivity index (χ4n) is 8.63. The van der Waals surface area contributed by atoms with E-state index in [1.807, 2.05) is 11.3 Å². The fourth-order valence-corrected chi connectivity index (χ4v) is 9.85. The summed E-state index contributed by atoms with van der Waals surface area (Å²) < 4.78 is 2.65. The highest BCUT2D eigenvalue weighted by atomic mass is 32.1. The van der Waals surface area contributed by atoms with Crippen LogP contribution in [0.3, 0.4) is 0 Å². The molecule has 0 amide bonds. The Balaban J connectivity index is 1.12. The number of thiophene rings is 1. The summed E-state index contributed by atoms with van der Waals surface area (Å²) in [7, 11) is 0. The lowest BCUT2D eigenvalue weighted by molar-refractivity contribution is 1.61. The molecule has 11 rings (SSSR count). The lowest BCUT2D eigenvalue weighted by Gasteiger charge is -2.19. The van der Waals surface area contributed by atoms with E-state index in [1.54, 1.807) is 0 Å². The molecule has 0 radical (unpaired) electrons. The van der Waals surface area contributed by atoms with Crippen molar-refractivity contribution in [2.24, 2.45) is 0 Å². The molecule has 11 aromatic rings. The molecule has 0 fully saturated rings. The van der Waals surface area contributed by atoms with E-state index >= 15 is 0 Å². The first-order chi connectivity index (χ1) is 27.3. The van der Waals surface area contributed by atoms with Crippen molar-refractivity contribution in [1.29, 1.82) is 0 Å². The van der Waals surface area contributed by atoms with Gasteiger partial charge in [0, 0.05) is 25.7 Å². The van der Waals surface area contributed by atoms with Crippen LogP contribution in [0.15, 0.2) is 206 Å². The smallest absolute Gasteiger partial charge is 0.0434 e. The van der Waals surface area contributed by atoms with E-state index < -0.39 is 0 Å². The van der Waals surface area contributed by atoms with Crippen LogP contribution in [-0.2, 0) is 0 Å². The van der Waals surface area contributed by atoms with Crippen LogP contribution in [-0.4, -0.2) is 0 Å². The standard InChI is InChI=1S/C54H34S/c1-3-15-36(16-4-1)52-45-23-9-10-24-46(45)53(37-17-5-2-6-18-37)49-32-41(28-29-47(49)52)39-20-13-21-40(30-39)43-33-48(42-27-26-35-14-7-8-19-38(35)31-42)54-50(34-43)44-22-11-12-25-51(44)55-54/h1-34H. The molecule has 0 aliphatic rings. The monoisotopic (exact) mass is 714 g/mol. The van der Waals surface area contributed by atoms with Gasteiger partial charge in [0.15, 0.2) is 0 Å². The van der Waals surface area contributed by atoms with Crippen molar-refractivity contribution in [2.75, 3.05) is 0 Å². The van der Waals surface area contributed by atoms with Crippen molar-refractivity contribution < 1.29 is 0 Å². The molecule has 55 heavy (non-hydrogen) atoms. The normalized spacial score (nSPS) is 11.6. The quantitative estimate of drug-likeness (QED) is 0.156. The first-order valence-corrected chi connectivity index (χ1v) is 19.7. The summed E-state index contributed by atoms with van der Waals surface area (Å²) >= 11 is 1.89. The van der Waals surface area contributed by atoms with E-state index in [4.69, 9.17) is 0 Å². The number of hydrogen-bond acceptors (Lipinski definition) is 1. The Bertz CT molecular complexity index is 3240. The van der Waals surface area contributed by atoms with Crippen molar-refractivity contribution in [3.05, 3.63) is 206 Å². The second-order valence-electron chi connectivity index (χ2n) is 14.4. The molecule has 1 aromatic heterocycles. The minimum Gasteiger partial charge on any atom is -0.135 e. The zero-order valence-electron chi connectivity index (χ0n) is 30.0. The molecule has 0 nitrogen and oxygen atoms in total. The number of rotatable bonds is 5. The average molecular weight is 715 g/mol. The Morgan fingerprint density at radius 3 is 1.53 bits per heavy atom. The Morgan fingerprint density at radius 1 is 0.255 bits per heavy atom. The molecule has 1 heterocycles. The van der Waals surface area contributed by atoms with Gasteiger partial charge in [0.05, 0.1) is 0 Å². The van der Waals surface area contributed by atoms with Crippen molar-refractivity contribution >= 4 is 63.8 Å². The topological polar surface area (TPSA) is 0 Å². The van der Waals surface area contributed by atoms with Crippen LogP contribution in [0.25, 0.3) is 108 Å². The molecule has 0 aliphatic carbocycles. The summed E-state index contributed by atoms with van der Waals surface area (Å²) in [6.45, 7) is 0. The van der Waals surface area contributed by atoms with Gasteiger partial charge in [0.2, 0.25) is 0 Å². The van der Waals surface area contributed by atoms with Crippen LogP contribution in [0.2, 0.25) is 0 Å². The molecule has 0 saturated heterocycles. The molecule has 10 aromatic carbocycles. The maximum Gasteiger partial charge on any atom is 0.0434 e. The molecular formula is C54H34S. The highest BCUT2D eigenvalue weighted by Crippen LogP contribution is 2.46. The molecule has 0 unspecified atom stereocenters. The molecule has 0 spiro atoms. The third kappa shape index (κ3) is 5.35. The Labute approximate surface area is 324 Å². The van der Waals surface area contributed by atoms with Gasteiger partial charge < -0.3 is 0 Å². The molecule has 0 bridgehead atoms. The Hall–Kier alpha value is -6.80. The van der Waals surface area contributed by atoms with Crippen LogP contribution in [0, 0.1) is 0 Å². The molecule has 0 N–H and O–H groups in total. The van der Waals surface area contributed by atoms with Gasteiger partial charge in [-0.1, -0.05) is 170 Å². The van der Waals surface area contributed by atoms with Gasteiger partial charge >= 0.3 is 0 Å². The predicted octanol–water partition coefficient (Wildman–Crippen LogP) is 15.8. The zero-order chi connectivity index (χ0) is 36.3. The molecule has 1 heteroatoms. The maximum absolute atomic E-state index is 2.42. The minimum absolute atomic E-state index is 1.20. The van der Waals surface area contributed by atoms with Gasteiger partial charge in [-0.3, -0.25) is 0 Å². The second kappa shape index (κ2) is 13.0. The van der Waals surface area contributed by atoms with E-state index in [-0.39, 0.29) is 0 Å². The Kier molecular flexibility index (Phi) is 7.46. The van der Waals surface area contributed by atoms with Gasteiger partial charge in [0.25, 0.3) is 0 Å². The summed E-state index contributed by atoms with van der Waals surface area (Å²) in [4.78, 5) is 0. The van der Waals surface area contributed by atoms with Crippen LogP contribution in [0.4, 0.5) is 0 Å². The largest absolute Gasteiger partial charge is 0.135 e. The van der Waals surface area contributed by atoms with Crippen molar-refractivity contribution in [1.82, 2.24) is 0 Å². The van der Waals surface area contributed by atoms with Gasteiger partial charge in [-0.25, -0.2) is 0 Å². The molecule has 0 saturated carbocycles. The molecule has 0 atom stereocenters. The predicted molar refractivity (Wildman–Crippen MR) is 239 cm³/mol. The summed E-state index contributed by atoms with van der Waals surface area (Å²) in [6, 6.07) is 76.0. The highest BCUT2D eigenvalue weighted by Gasteiger charge is 2.18. The van der Waals surface area contributed by atoms with E-state index in [1.165, 1.54) is 108 Å². The summed E-state index contributed by atoms with van der Waals surface area (Å²) in [6.07, 6.45) is 0. The van der Waals surface area contributed by atoms with E-state index in [9.17, 15) is 0 Å². The van der Waals surface area contributed by atoms with E-state index in [0.29, 0.717) is 0 Å². The van der Waals surface area contributed by atoms with Gasteiger partial charge in [-0.05, 0) is 119 Å². The van der Waals surface area contributed by atoms with E-state index in [2.05, 4.69) is 206 Å². The third-order valence-electron chi connectivity index (χ3n) is 11.2. The average Bonchev–Trinajstić information content (AvgIpc) is 3.64. The Morgan fingerprint density at radius 2 is 0.782 bits per heavy atom. The first-order valence-electron chi connectivity index (χ1n) is 18.9. The molecular weight excluding hydrogens is 681 g/mol. The van der Waals surface area contributed by atoms with Crippen molar-refractivity contribution in [3.8, 4) is 55.6 Å². The van der Waals surface area contributed by atoms with Crippen molar-refractivity contribution in [3.63, 3.8) is 0 Å². The minimum atomic E-state index is 1.20. The summed E-state index contributed by atoms with van der Waals surface area (Å²) in [5, 5.41) is 10.2. The highest BCUT2D eigenvalue weighted by molar-refractivity contribution is 7.26. The summed E-state index contributed by atoms with van der Waals surface area (Å²) in [5.74, 6) is 0. The van der Waals surface area contributed by atoms with Crippen LogP contribution < -0.4 is 0 Å². The summed E-state index contributed by atoms with van der Waals surface area (Å²) in [5.41, 5.74) is 12.4. The zero-order valence-corrected chi connectivity index (χ0v) is 30.9. The van der Waals surface area contributed by atoms with Gasteiger partial charge in [-0.2, -0.15) is 0 Å². The van der Waals surface area contributed by atoms with E-state index in [0.717, 1.165) is 0 Å². The van der Waals surface area contributed by atoms with Crippen LogP contribution in [0.5, 0.6) is 0 Å². The first kappa shape index (κ1) is 31.7. The number of hydrogen-bond donors (Lipinski definition) is 0. The van der Waals surface area contributed by atoms with Crippen LogP contribution in [0.1, 0.15) is 0 Å². The fraction of sp³-hybridized carbons (Fsp3) is 0. The maximum atomic E-state index is 2.42. The molecule has 256 valence electrons. The SMILES string of the molecule is c1ccc(-c2c3ccccc3c(-c3ccccc3)c3cc(-c4cccc(-c5cc(-c6ccc7ccccc7c6)c6sc7ccccc7c6c5)c4)ccc23)cc1. The lowest BCUT2D eigenvalue weighted by Crippen LogP contribution is -1.91. The third-order valence-corrected chi connectivity index (χ3v) is 12.4. The lowest BCUT2D eigenvalue weighted by atomic mass is 9.84. The molecule has 0 aliphatic heterocycles. The number of benzene rings is 10.